The highest BCUT2D eigenvalue weighted by Crippen LogP contribution is 2.51. The van der Waals surface area contributed by atoms with Crippen LogP contribution in [0.15, 0.2) is 70.5 Å². The first-order valence-corrected chi connectivity index (χ1v) is 16.6. The van der Waals surface area contributed by atoms with Gasteiger partial charge in [-0.15, -0.1) is 0 Å². The number of amidine groups is 2. The largest absolute Gasteiger partial charge is 0.453 e. The van der Waals surface area contributed by atoms with Crippen molar-refractivity contribution in [3.63, 3.8) is 0 Å². The molecule has 3 aliphatic rings. The summed E-state index contributed by atoms with van der Waals surface area (Å²) in [5.74, 6) is -1.95. The molecule has 0 aromatic heterocycles. The van der Waals surface area contributed by atoms with Crippen LogP contribution in [0.5, 0.6) is 0 Å². The molecule has 1 heterocycles. The molecule has 10 nitrogen and oxygen atoms in total. The van der Waals surface area contributed by atoms with E-state index in [2.05, 4.69) is 45.7 Å². The second-order valence-corrected chi connectivity index (χ2v) is 13.2. The monoisotopic (exact) mass is 670 g/mol. The van der Waals surface area contributed by atoms with Gasteiger partial charge in [-0.1, -0.05) is 45.7 Å². The van der Waals surface area contributed by atoms with E-state index < -0.39 is 23.6 Å². The lowest BCUT2D eigenvalue weighted by atomic mass is 9.79. The van der Waals surface area contributed by atoms with Crippen molar-refractivity contribution in [3.8, 4) is 0 Å². The van der Waals surface area contributed by atoms with Crippen LogP contribution in [0.1, 0.15) is 59.3 Å². The second-order valence-electron chi connectivity index (χ2n) is 13.2. The maximum absolute atomic E-state index is 15.4. The standard InChI is InChI=1S/C36H52F2N6O4/c1-21(2)31(43-35(47)48-9)34(46)44-18-10-11-29(44)32(39-7)41-24(5)14-12-22(3)36(37,38)23(4)13-15-25(6)42-33(40-8)30-27-17-16-26(19-27)28(30)20-45/h12-13,15,20-21,26-31H,4-6,10-11,14,16-19H2,1-3,7-9H3,(H,39,41)(H,40,42)(H,43,47)/b15-13+,22-12+/t26?,27?,28?,29?,30-,31?/m1/s1. The first-order valence-electron chi connectivity index (χ1n) is 16.6. The third kappa shape index (κ3) is 8.87. The van der Waals surface area contributed by atoms with Crippen LogP contribution in [0.25, 0.3) is 0 Å². The molecule has 12 heteroatoms. The molecule has 48 heavy (non-hydrogen) atoms. The average molecular weight is 671 g/mol. The van der Waals surface area contributed by atoms with E-state index in [1.807, 2.05) is 13.8 Å². The first-order chi connectivity index (χ1) is 22.7. The summed E-state index contributed by atoms with van der Waals surface area (Å²) in [4.78, 5) is 47.5. The Morgan fingerprint density at radius 1 is 1.04 bits per heavy atom. The van der Waals surface area contributed by atoms with E-state index in [-0.39, 0.29) is 41.7 Å². The Morgan fingerprint density at radius 2 is 1.71 bits per heavy atom. The highest BCUT2D eigenvalue weighted by molar-refractivity contribution is 5.95. The number of alkyl carbamates (subject to hydrolysis) is 1. The minimum Gasteiger partial charge on any atom is -0.453 e. The Balaban J connectivity index is 1.59. The Hall–Kier alpha value is -4.09. The smallest absolute Gasteiger partial charge is 0.407 e. The number of rotatable bonds is 14. The molecule has 0 spiro atoms. The second kappa shape index (κ2) is 16.8. The topological polar surface area (TPSA) is 124 Å². The van der Waals surface area contributed by atoms with Crippen LogP contribution >= 0.6 is 0 Å². The zero-order chi connectivity index (χ0) is 35.8. The van der Waals surface area contributed by atoms with Crippen LogP contribution in [0.2, 0.25) is 0 Å². The summed E-state index contributed by atoms with van der Waals surface area (Å²) in [5, 5.41) is 8.88. The van der Waals surface area contributed by atoms with Gasteiger partial charge in [-0.2, -0.15) is 8.78 Å². The van der Waals surface area contributed by atoms with Crippen LogP contribution in [-0.2, 0) is 14.3 Å². The molecule has 0 radical (unpaired) electrons. The maximum atomic E-state index is 15.4. The molecule has 1 aliphatic heterocycles. The number of fused-ring (bicyclic) bond motifs is 2. The first kappa shape index (κ1) is 38.4. The number of likely N-dealkylation sites (tertiary alicyclic amines) is 1. The minimum absolute atomic E-state index is 0.0102. The molecule has 2 bridgehead atoms. The maximum Gasteiger partial charge on any atom is 0.407 e. The van der Waals surface area contributed by atoms with E-state index >= 15 is 8.78 Å². The number of hydrogen-bond donors (Lipinski definition) is 3. The SMILES string of the molecule is C=C(/C=C/C(=C)C(F)(F)/C(C)=C/CC(=C)NC(=NC)C1CCCN1C(=O)C(NC(=O)OC)C(C)C)NC(=NC)[C@@H]1C2CCC(C2)C1C=O. The number of carbonyl (C=O) groups excluding carboxylic acids is 3. The molecule has 264 valence electrons. The van der Waals surface area contributed by atoms with Gasteiger partial charge in [0.2, 0.25) is 5.91 Å². The number of carbonyl (C=O) groups is 3. The fraction of sp³-hybridized carbons (Fsp3) is 0.583. The van der Waals surface area contributed by atoms with Gasteiger partial charge < -0.3 is 30.4 Å². The molecular formula is C36H52F2N6O4. The Kier molecular flexibility index (Phi) is 13.5. The van der Waals surface area contributed by atoms with Crippen molar-refractivity contribution < 1.29 is 27.9 Å². The summed E-state index contributed by atoms with van der Waals surface area (Å²) in [7, 11) is 4.49. The summed E-state index contributed by atoms with van der Waals surface area (Å²) in [6, 6.07) is -1.16. The van der Waals surface area contributed by atoms with Crippen LogP contribution in [0.4, 0.5) is 13.6 Å². The van der Waals surface area contributed by atoms with E-state index in [1.54, 1.807) is 19.0 Å². The highest BCUT2D eigenvalue weighted by Gasteiger charge is 2.49. The number of aldehydes is 1. The normalized spacial score (nSPS) is 25.3. The number of alkyl halides is 2. The zero-order valence-corrected chi connectivity index (χ0v) is 29.2. The minimum atomic E-state index is -3.33. The lowest BCUT2D eigenvalue weighted by Crippen LogP contribution is -2.55. The van der Waals surface area contributed by atoms with Crippen molar-refractivity contribution in [1.82, 2.24) is 20.9 Å². The molecule has 1 saturated heterocycles. The number of allylic oxidation sites excluding steroid dienone is 5. The van der Waals surface area contributed by atoms with Crippen molar-refractivity contribution >= 4 is 30.0 Å². The average Bonchev–Trinajstić information content (AvgIpc) is 3.82. The third-order valence-corrected chi connectivity index (χ3v) is 9.81. The summed E-state index contributed by atoms with van der Waals surface area (Å²) < 4.78 is 35.4. The van der Waals surface area contributed by atoms with Crippen molar-refractivity contribution in [2.24, 2.45) is 39.6 Å². The van der Waals surface area contributed by atoms with E-state index in [0.29, 0.717) is 47.9 Å². The number of aliphatic imine (C=N–C) groups is 2. The quantitative estimate of drug-likeness (QED) is 0.0731. The molecule has 3 N–H and O–H groups in total. The van der Waals surface area contributed by atoms with Crippen molar-refractivity contribution in [2.45, 2.75) is 77.3 Å². The van der Waals surface area contributed by atoms with Crippen LogP contribution < -0.4 is 16.0 Å². The summed E-state index contributed by atoms with van der Waals surface area (Å²) in [6.07, 6.45) is 8.99. The number of methoxy groups -OCH3 is 1. The fourth-order valence-electron chi connectivity index (χ4n) is 7.11. The molecule has 5 unspecified atom stereocenters. The van der Waals surface area contributed by atoms with Crippen molar-refractivity contribution in [2.75, 3.05) is 27.7 Å². The van der Waals surface area contributed by atoms with Crippen LogP contribution in [0, 0.1) is 29.6 Å². The third-order valence-electron chi connectivity index (χ3n) is 9.81. The molecule has 0 aromatic carbocycles. The molecule has 0 aromatic rings. The van der Waals surface area contributed by atoms with E-state index in [0.717, 1.165) is 32.0 Å². The number of nitrogens with one attached hydrogen (secondary N) is 3. The molecule has 6 atom stereocenters. The van der Waals surface area contributed by atoms with Crippen LogP contribution in [-0.4, -0.2) is 80.6 Å². The van der Waals surface area contributed by atoms with Gasteiger partial charge in [0.25, 0.3) is 5.92 Å². The number of ether oxygens (including phenoxy) is 1. The lowest BCUT2D eigenvalue weighted by molar-refractivity contribution is -0.134. The van der Waals surface area contributed by atoms with Crippen molar-refractivity contribution in [3.05, 3.63) is 60.5 Å². The van der Waals surface area contributed by atoms with Gasteiger partial charge in [0.15, 0.2) is 0 Å². The van der Waals surface area contributed by atoms with Gasteiger partial charge in [0, 0.05) is 55.9 Å². The fourth-order valence-corrected chi connectivity index (χ4v) is 7.11. The van der Waals surface area contributed by atoms with Crippen molar-refractivity contribution in [1.29, 1.82) is 0 Å². The lowest BCUT2D eigenvalue weighted by Gasteiger charge is -2.31. The van der Waals surface area contributed by atoms with Gasteiger partial charge in [-0.25, -0.2) is 4.79 Å². The van der Waals surface area contributed by atoms with Gasteiger partial charge >= 0.3 is 6.09 Å². The number of nitrogens with zero attached hydrogens (tertiary/aromatic N) is 3. The zero-order valence-electron chi connectivity index (χ0n) is 29.2. The highest BCUT2D eigenvalue weighted by atomic mass is 19.3. The molecule has 2 amide bonds. The Bertz CT molecular complexity index is 1380. The van der Waals surface area contributed by atoms with E-state index in [9.17, 15) is 14.4 Å². The predicted molar refractivity (Wildman–Crippen MR) is 186 cm³/mol. The van der Waals surface area contributed by atoms with Gasteiger partial charge in [-0.05, 0) is 68.4 Å². The Morgan fingerprint density at radius 3 is 2.31 bits per heavy atom. The number of hydrogen-bond acceptors (Lipinski definition) is 6. The van der Waals surface area contributed by atoms with E-state index in [1.165, 1.54) is 32.3 Å². The molecule has 3 fully saturated rings. The summed E-state index contributed by atoms with van der Waals surface area (Å²) >= 11 is 0. The summed E-state index contributed by atoms with van der Waals surface area (Å²) in [5.41, 5.74) is 0.199. The Labute approximate surface area is 283 Å². The molecule has 3 rings (SSSR count). The van der Waals surface area contributed by atoms with Gasteiger partial charge in [0.1, 0.15) is 24.0 Å². The van der Waals surface area contributed by atoms with Crippen LogP contribution in [0.3, 0.4) is 0 Å². The molecular weight excluding hydrogens is 618 g/mol. The number of halogens is 2. The predicted octanol–water partition coefficient (Wildman–Crippen LogP) is 5.57. The molecule has 2 saturated carbocycles. The van der Waals surface area contributed by atoms with E-state index in [4.69, 9.17) is 4.74 Å². The van der Waals surface area contributed by atoms with Gasteiger partial charge in [0.05, 0.1) is 13.2 Å². The number of amides is 2. The summed E-state index contributed by atoms with van der Waals surface area (Å²) in [6.45, 7) is 17.1. The van der Waals surface area contributed by atoms with Gasteiger partial charge in [-0.3, -0.25) is 14.8 Å². The molecule has 2 aliphatic carbocycles.